The van der Waals surface area contributed by atoms with E-state index in [0.29, 0.717) is 15.5 Å². The average molecular weight is 719 g/mol. The summed E-state index contributed by atoms with van der Waals surface area (Å²) in [6.07, 6.45) is 2.57. The molecule has 2 aliphatic carbocycles. The third-order valence-electron chi connectivity index (χ3n) is 9.60. The number of halogens is 2. The minimum Gasteiger partial charge on any atom is -1.00 e. The van der Waals surface area contributed by atoms with Crippen molar-refractivity contribution in [2.45, 2.75) is 36.5 Å². The van der Waals surface area contributed by atoms with Gasteiger partial charge in [0.15, 0.2) is 0 Å². The second kappa shape index (κ2) is 12.8. The van der Waals surface area contributed by atoms with Crippen molar-refractivity contribution in [1.29, 1.82) is 0 Å². The monoisotopic (exact) mass is 716 g/mol. The van der Waals surface area contributed by atoms with Gasteiger partial charge in [-0.1, -0.05) is 0 Å². The summed E-state index contributed by atoms with van der Waals surface area (Å²) in [6, 6.07) is 43.9. The molecule has 0 aliphatic heterocycles. The van der Waals surface area contributed by atoms with Gasteiger partial charge in [0.05, 0.1) is 0 Å². The van der Waals surface area contributed by atoms with E-state index in [0.717, 1.165) is 0 Å². The molecule has 0 saturated heterocycles. The van der Waals surface area contributed by atoms with Crippen molar-refractivity contribution in [1.82, 2.24) is 0 Å². The molecule has 222 valence electrons. The molecule has 4 heteroatoms. The second-order valence-electron chi connectivity index (χ2n) is 12.9. The van der Waals surface area contributed by atoms with E-state index >= 15 is 0 Å². The first-order valence-electron chi connectivity index (χ1n) is 15.7. The molecule has 2 aliphatic rings. The van der Waals surface area contributed by atoms with Crippen molar-refractivity contribution in [2.75, 3.05) is 0 Å². The van der Waals surface area contributed by atoms with E-state index < -0.39 is 28.3 Å². The summed E-state index contributed by atoms with van der Waals surface area (Å²) in [5, 5.41) is 5.29. The Labute approximate surface area is 291 Å². The van der Waals surface area contributed by atoms with Crippen molar-refractivity contribution >= 4 is 33.5 Å². The summed E-state index contributed by atoms with van der Waals surface area (Å²) in [5.41, 5.74) is 15.0. The molecule has 0 aromatic heterocycles. The summed E-state index contributed by atoms with van der Waals surface area (Å²) < 4.78 is 0.667. The van der Waals surface area contributed by atoms with Gasteiger partial charge in [0, 0.05) is 0 Å². The molecule has 0 amide bonds. The van der Waals surface area contributed by atoms with Gasteiger partial charge < -0.3 is 24.8 Å². The first kappa shape index (κ1) is 32.2. The fourth-order valence-electron chi connectivity index (χ4n) is 7.84. The Hall–Kier alpha value is -2.74. The minimum atomic E-state index is -0.640. The minimum absolute atomic E-state index is 0. The molecule has 0 radical (unpaired) electrons. The van der Waals surface area contributed by atoms with Crippen LogP contribution >= 0.6 is 0 Å². The fraction of sp³-hybridized carbons (Fsp3) is 0.171. The number of hydrogen-bond acceptors (Lipinski definition) is 0. The van der Waals surface area contributed by atoms with Crippen LogP contribution in [0.1, 0.15) is 51.2 Å². The van der Waals surface area contributed by atoms with Crippen LogP contribution in [0, 0.1) is 5.92 Å². The average Bonchev–Trinajstić information content (AvgIpc) is 3.56. The number of rotatable bonds is 5. The van der Waals surface area contributed by atoms with Crippen molar-refractivity contribution in [2.24, 2.45) is 5.92 Å². The number of allylic oxidation sites excluding steroid dienone is 1. The zero-order valence-electron chi connectivity index (χ0n) is 26.1. The van der Waals surface area contributed by atoms with E-state index in [1.54, 1.807) is 22.3 Å². The molecule has 0 nitrogen and oxygen atoms in total. The van der Waals surface area contributed by atoms with E-state index in [4.69, 9.17) is 0 Å². The van der Waals surface area contributed by atoms with Gasteiger partial charge in [0.1, 0.15) is 0 Å². The Bertz CT molecular complexity index is 2040. The van der Waals surface area contributed by atoms with Gasteiger partial charge >= 0.3 is 269 Å². The van der Waals surface area contributed by atoms with Crippen LogP contribution in [0.2, 0.25) is 13.1 Å². The molecule has 0 heterocycles. The molecule has 8 rings (SSSR count). The zero-order chi connectivity index (χ0) is 29.2. The van der Waals surface area contributed by atoms with E-state index in [2.05, 4.69) is 148 Å². The van der Waals surface area contributed by atoms with Gasteiger partial charge in [-0.15, -0.1) is 0 Å². The van der Waals surface area contributed by atoms with Gasteiger partial charge in [-0.05, 0) is 0 Å². The maximum atomic E-state index is 2.58. The van der Waals surface area contributed by atoms with E-state index in [1.165, 1.54) is 54.9 Å². The van der Waals surface area contributed by atoms with Gasteiger partial charge in [0.2, 0.25) is 0 Å². The molecular weight excluding hydrogens is 683 g/mol. The molecule has 6 aromatic carbocycles. The predicted octanol–water partition coefficient (Wildman–Crippen LogP) is 4.99. The van der Waals surface area contributed by atoms with Crippen molar-refractivity contribution < 1.29 is 47.2 Å². The maximum Gasteiger partial charge on any atom is -1.00 e. The Morgan fingerprint density at radius 3 is 1.82 bits per heavy atom. The standard InChI is InChI=1S/C39H29.C2H7Si.2ClH.Zr/c1-24(2)35-23-37-33(38-29-15-7-4-11-25(29)21-26-12-5-8-16-30(26)38)19-10-20-34(37)39(35)32-18-9-17-31-28-14-6-3-13-27(28)22-36(31)32;1-3-2;;;/h3-24,39H,1-2H3;3H,1-2H3;2*1H;/q;;;;+2/p-2. The van der Waals surface area contributed by atoms with E-state index in [-0.39, 0.29) is 24.8 Å². The Balaban J connectivity index is 0.00000179. The predicted molar refractivity (Wildman–Crippen MR) is 184 cm³/mol. The van der Waals surface area contributed by atoms with Crippen LogP contribution in [0.5, 0.6) is 0 Å². The quantitative estimate of drug-likeness (QED) is 0.174. The summed E-state index contributed by atoms with van der Waals surface area (Å²) >= 11 is -0.577. The molecule has 0 saturated carbocycles. The van der Waals surface area contributed by atoms with E-state index in [9.17, 15) is 0 Å². The Morgan fingerprint density at radius 2 is 1.16 bits per heavy atom. The van der Waals surface area contributed by atoms with Crippen molar-refractivity contribution in [3.63, 3.8) is 0 Å². The SMILES string of the molecule is CC(C)C1=Cc2c(-c3c4ccccc4cc4ccccc34)cccc2C1c1cccc2c1[CH]([Zr+2][SiH](C)C)c1ccccc1-2.[Cl-].[Cl-]. The number of hydrogen-bond donors (Lipinski definition) is 0. The molecule has 45 heavy (non-hydrogen) atoms. The van der Waals surface area contributed by atoms with Crippen LogP contribution in [0.15, 0.2) is 121 Å². The van der Waals surface area contributed by atoms with Gasteiger partial charge in [-0.2, -0.15) is 0 Å². The molecule has 2 unspecified atom stereocenters. The molecule has 0 N–H and O–H groups in total. The smallest absolute Gasteiger partial charge is 1.00 e. The molecule has 0 fully saturated rings. The molecule has 0 spiro atoms. The summed E-state index contributed by atoms with van der Waals surface area (Å²) in [6.45, 7) is 9.95. The van der Waals surface area contributed by atoms with E-state index in [1.807, 2.05) is 0 Å². The molecule has 0 bridgehead atoms. The van der Waals surface area contributed by atoms with Gasteiger partial charge in [-0.3, -0.25) is 0 Å². The topological polar surface area (TPSA) is 0 Å². The molecular formula is C41H36Cl2SiZr. The van der Waals surface area contributed by atoms with Crippen molar-refractivity contribution in [3.8, 4) is 22.3 Å². The normalized spacial score (nSPS) is 16.1. The third-order valence-corrected chi connectivity index (χ3v) is 19.5. The first-order valence-corrected chi connectivity index (χ1v) is 24.3. The van der Waals surface area contributed by atoms with Crippen molar-refractivity contribution in [3.05, 3.63) is 149 Å². The molecule has 2 atom stereocenters. The van der Waals surface area contributed by atoms with Gasteiger partial charge in [0.25, 0.3) is 0 Å². The molecule has 6 aromatic rings. The van der Waals surface area contributed by atoms with Crippen LogP contribution in [0.3, 0.4) is 0 Å². The number of benzene rings is 6. The fourth-order valence-corrected chi connectivity index (χ4v) is 17.7. The Morgan fingerprint density at radius 1 is 0.600 bits per heavy atom. The zero-order valence-corrected chi connectivity index (χ0v) is 31.2. The maximum absolute atomic E-state index is 2.58. The summed E-state index contributed by atoms with van der Waals surface area (Å²) in [4.78, 5) is 0. The van der Waals surface area contributed by atoms with Crippen LogP contribution in [0.25, 0.3) is 49.9 Å². The van der Waals surface area contributed by atoms with Crippen LogP contribution in [-0.4, -0.2) is 5.92 Å². The van der Waals surface area contributed by atoms with Crippen LogP contribution in [0.4, 0.5) is 0 Å². The van der Waals surface area contributed by atoms with Crippen LogP contribution in [-0.2, 0) is 22.4 Å². The number of fused-ring (bicyclic) bond motifs is 6. The third kappa shape index (κ3) is 5.23. The van der Waals surface area contributed by atoms with Gasteiger partial charge in [-0.25, -0.2) is 0 Å². The largest absolute Gasteiger partial charge is 1.00 e. The second-order valence-corrected chi connectivity index (χ2v) is 27.9. The summed E-state index contributed by atoms with van der Waals surface area (Å²) in [5.74, 6) is 0.126. The van der Waals surface area contributed by atoms with Crippen LogP contribution < -0.4 is 24.8 Å². The summed E-state index contributed by atoms with van der Waals surface area (Å²) in [7, 11) is 0. The Kier molecular flexibility index (Phi) is 9.17. The first-order chi connectivity index (χ1) is 21.0.